The van der Waals surface area contributed by atoms with Gasteiger partial charge in [0.1, 0.15) is 54.6 Å². The van der Waals surface area contributed by atoms with E-state index in [9.17, 15) is 40.5 Å². The molecule has 4 unspecified atom stereocenters. The summed E-state index contributed by atoms with van der Waals surface area (Å²) in [6.07, 6.45) is -6.63. The predicted molar refractivity (Wildman–Crippen MR) is 190 cm³/mol. The van der Waals surface area contributed by atoms with Crippen molar-refractivity contribution in [2.24, 2.45) is 46.3 Å². The van der Waals surface area contributed by atoms with E-state index in [1.54, 1.807) is 0 Å². The molecule has 7 fully saturated rings. The second-order valence-corrected chi connectivity index (χ2v) is 18.6. The second-order valence-electron chi connectivity index (χ2n) is 18.6. The summed E-state index contributed by atoms with van der Waals surface area (Å²) in [5.74, 6) is 1.69. The van der Waals surface area contributed by atoms with E-state index >= 15 is 0 Å². The van der Waals surface area contributed by atoms with Crippen molar-refractivity contribution in [1.82, 2.24) is 0 Å². The summed E-state index contributed by atoms with van der Waals surface area (Å²) in [5.41, 5.74) is -0.468. The first-order valence-corrected chi connectivity index (χ1v) is 20.7. The van der Waals surface area contributed by atoms with Crippen LogP contribution in [-0.2, 0) is 33.2 Å². The summed E-state index contributed by atoms with van der Waals surface area (Å²) in [5, 5.41) is 72.8. The van der Waals surface area contributed by atoms with Gasteiger partial charge >= 0.3 is 0 Å². The number of carbonyl (C=O) groups excluding carboxylic acids is 1. The maximum atomic E-state index is 14.4. The quantitative estimate of drug-likeness (QED) is 0.165. The summed E-state index contributed by atoms with van der Waals surface area (Å²) >= 11 is 0. The van der Waals surface area contributed by atoms with Gasteiger partial charge in [0.05, 0.1) is 32.0 Å². The van der Waals surface area contributed by atoms with E-state index in [0.717, 1.165) is 44.9 Å². The fourth-order valence-corrected chi connectivity index (χ4v) is 12.2. The van der Waals surface area contributed by atoms with Gasteiger partial charge in [-0.15, -0.1) is 0 Å². The number of ketones is 1. The minimum Gasteiger partial charge on any atom is -0.394 e. The lowest BCUT2D eigenvalue weighted by molar-refractivity contribution is -0.364. The largest absolute Gasteiger partial charge is 0.394 e. The topological polar surface area (TPSA) is 214 Å². The molecule has 14 nitrogen and oxygen atoms in total. The van der Waals surface area contributed by atoms with Gasteiger partial charge in [-0.25, -0.2) is 0 Å². The lowest BCUT2D eigenvalue weighted by atomic mass is 9.44. The molecule has 0 radical (unpaired) electrons. The number of Topliss-reactive ketones (excluding diaryl/α,β-unsaturated/α-hetero) is 1. The summed E-state index contributed by atoms with van der Waals surface area (Å²) in [6.45, 7) is 10.5. The Kier molecular flexibility index (Phi) is 12.0. The number of fused-ring (bicyclic) bond motifs is 5. The summed E-state index contributed by atoms with van der Waals surface area (Å²) in [6, 6.07) is 0. The molecule has 0 aromatic heterocycles. The summed E-state index contributed by atoms with van der Waals surface area (Å²) in [7, 11) is 0. The number of hydrogen-bond donors (Lipinski definition) is 7. The molecule has 7 rings (SSSR count). The smallest absolute Gasteiger partial charge is 0.187 e. The van der Waals surface area contributed by atoms with Gasteiger partial charge in [0, 0.05) is 18.3 Å². The first kappa shape index (κ1) is 41.3. The van der Waals surface area contributed by atoms with Crippen molar-refractivity contribution in [3.05, 3.63) is 0 Å². The number of aliphatic hydroxyl groups is 7. The van der Waals surface area contributed by atoms with Crippen molar-refractivity contribution in [1.29, 1.82) is 0 Å². The van der Waals surface area contributed by atoms with Gasteiger partial charge in [-0.2, -0.15) is 0 Å². The van der Waals surface area contributed by atoms with Gasteiger partial charge in [-0.3, -0.25) is 4.79 Å². The van der Waals surface area contributed by atoms with Crippen molar-refractivity contribution < 1.29 is 69.0 Å². The van der Waals surface area contributed by atoms with Crippen molar-refractivity contribution in [3.63, 3.8) is 0 Å². The van der Waals surface area contributed by atoms with E-state index in [1.807, 2.05) is 0 Å². The first-order chi connectivity index (χ1) is 25.6. The number of rotatable bonds is 9. The van der Waals surface area contributed by atoms with E-state index < -0.39 is 85.8 Å². The lowest BCUT2D eigenvalue weighted by Gasteiger charge is -2.60. The molecule has 4 saturated carbocycles. The highest BCUT2D eigenvalue weighted by atomic mass is 16.7. The van der Waals surface area contributed by atoms with Gasteiger partial charge in [-0.05, 0) is 99.2 Å². The standard InChI is InChI=1S/C40H66O14/c1-6-23-26(54-39(4)12-9-19(2)18-49-39)14-25-22-8-7-20-13-21(10-11-38(20,3)24(22)15-29(43)40(23,25)5)50-36-34(48)32(46)35(28(17-42)52-36)53-37-33(47)31(45)30(44)27(16-41)51-37/h19-28,30-37,41-42,44-48H,6-18H2,1-5H3/t19-,20+,21+,22-,23+,24+,25+,26+,27?,28?,30-,31+,32-,33?,34?,35+,36-,37+,38+,39+,40-/m1/s1. The zero-order valence-electron chi connectivity index (χ0n) is 32.6. The molecule has 21 atom stereocenters. The molecular formula is C40H66O14. The van der Waals surface area contributed by atoms with E-state index in [4.69, 9.17) is 28.4 Å². The van der Waals surface area contributed by atoms with E-state index in [-0.39, 0.29) is 35.4 Å². The SMILES string of the molecule is CC[C@H]1[C@@H](O[C@@]2(C)CC[C@@H](C)CO2)C[C@H]2[C@@H]3CC[C@H]4C[C@@H](O[C@@H]5OC(CO)[C@H](O[C@@H]6OC(CO)[C@@H](O)[C@H](O)C6O)[C@H](O)C5O)CC[C@]4(C)[C@H]3CC(=O)[C@@]21C. The molecule has 3 saturated heterocycles. The van der Waals surface area contributed by atoms with Crippen molar-refractivity contribution in [2.75, 3.05) is 19.8 Å². The van der Waals surface area contributed by atoms with Crippen LogP contribution in [0.15, 0.2) is 0 Å². The van der Waals surface area contributed by atoms with Gasteiger partial charge in [0.15, 0.2) is 18.4 Å². The predicted octanol–water partition coefficient (Wildman–Crippen LogP) is 1.40. The molecule has 4 aliphatic carbocycles. The molecule has 54 heavy (non-hydrogen) atoms. The number of aliphatic hydroxyl groups excluding tert-OH is 7. The van der Waals surface area contributed by atoms with Crippen LogP contribution in [0, 0.1) is 46.3 Å². The molecule has 3 aliphatic heterocycles. The summed E-state index contributed by atoms with van der Waals surface area (Å²) in [4.78, 5) is 14.4. The van der Waals surface area contributed by atoms with Gasteiger partial charge in [0.25, 0.3) is 0 Å². The van der Waals surface area contributed by atoms with Crippen LogP contribution in [0.2, 0.25) is 0 Å². The zero-order chi connectivity index (χ0) is 38.9. The van der Waals surface area contributed by atoms with E-state index in [0.29, 0.717) is 49.4 Å². The number of carbonyl (C=O) groups is 1. The Morgan fingerprint density at radius 1 is 0.778 bits per heavy atom. The van der Waals surface area contributed by atoms with E-state index in [2.05, 4.69) is 34.6 Å². The normalized spacial score (nSPS) is 55.1. The molecule has 7 aliphatic rings. The minimum atomic E-state index is -1.74. The van der Waals surface area contributed by atoms with Gasteiger partial charge < -0.3 is 64.2 Å². The zero-order valence-corrected chi connectivity index (χ0v) is 32.6. The Morgan fingerprint density at radius 3 is 2.13 bits per heavy atom. The van der Waals surface area contributed by atoms with Crippen LogP contribution in [0.25, 0.3) is 0 Å². The van der Waals surface area contributed by atoms with E-state index in [1.165, 1.54) is 0 Å². The fraction of sp³-hybridized carbons (Fsp3) is 0.975. The van der Waals surface area contributed by atoms with Crippen LogP contribution in [0.1, 0.15) is 98.8 Å². The first-order valence-electron chi connectivity index (χ1n) is 20.7. The highest BCUT2D eigenvalue weighted by Gasteiger charge is 2.66. The van der Waals surface area contributed by atoms with Gasteiger partial charge in [0.2, 0.25) is 0 Å². The van der Waals surface area contributed by atoms with Crippen LogP contribution >= 0.6 is 0 Å². The molecular weight excluding hydrogens is 704 g/mol. The lowest BCUT2D eigenvalue weighted by Crippen LogP contribution is -2.65. The van der Waals surface area contributed by atoms with Crippen LogP contribution in [-0.4, -0.2) is 141 Å². The van der Waals surface area contributed by atoms with Crippen LogP contribution in [0.5, 0.6) is 0 Å². The molecule has 310 valence electrons. The second kappa shape index (κ2) is 15.7. The van der Waals surface area contributed by atoms with Crippen molar-refractivity contribution >= 4 is 5.78 Å². The van der Waals surface area contributed by atoms with Crippen molar-refractivity contribution in [2.45, 2.75) is 178 Å². The minimum absolute atomic E-state index is 0.0111. The Morgan fingerprint density at radius 2 is 1.46 bits per heavy atom. The van der Waals surface area contributed by atoms with Crippen molar-refractivity contribution in [3.8, 4) is 0 Å². The average Bonchev–Trinajstić information content (AvgIpc) is 3.44. The monoisotopic (exact) mass is 770 g/mol. The Labute approximate surface area is 318 Å². The molecule has 7 N–H and O–H groups in total. The Bertz CT molecular complexity index is 1310. The van der Waals surface area contributed by atoms with Crippen LogP contribution in [0.4, 0.5) is 0 Å². The molecule has 0 aromatic rings. The maximum absolute atomic E-state index is 14.4. The van der Waals surface area contributed by atoms with Crippen LogP contribution in [0.3, 0.4) is 0 Å². The van der Waals surface area contributed by atoms with Crippen LogP contribution < -0.4 is 0 Å². The third-order valence-electron chi connectivity index (χ3n) is 15.6. The number of ether oxygens (including phenoxy) is 6. The molecule has 3 heterocycles. The average molecular weight is 771 g/mol. The maximum Gasteiger partial charge on any atom is 0.187 e. The highest BCUT2D eigenvalue weighted by molar-refractivity contribution is 5.87. The summed E-state index contributed by atoms with van der Waals surface area (Å²) < 4.78 is 36.6. The molecule has 0 spiro atoms. The fourth-order valence-electron chi connectivity index (χ4n) is 12.2. The third kappa shape index (κ3) is 7.04. The number of hydrogen-bond acceptors (Lipinski definition) is 14. The Hall–Kier alpha value is -0.850. The highest BCUT2D eigenvalue weighted by Crippen LogP contribution is 2.67. The molecule has 0 bridgehead atoms. The van der Waals surface area contributed by atoms with Gasteiger partial charge in [-0.1, -0.05) is 27.7 Å². The molecule has 0 amide bonds. The molecule has 14 heteroatoms. The third-order valence-corrected chi connectivity index (χ3v) is 15.6. The Balaban J connectivity index is 0.993. The molecule has 0 aromatic carbocycles.